The molecule has 0 saturated carbocycles. The van der Waals surface area contributed by atoms with Crippen LogP contribution in [0.4, 0.5) is 0 Å². The van der Waals surface area contributed by atoms with E-state index in [4.69, 9.17) is 5.11 Å². The lowest BCUT2D eigenvalue weighted by Gasteiger charge is -2.20. The minimum Gasteiger partial charge on any atom is -0.394 e. The van der Waals surface area contributed by atoms with Gasteiger partial charge in [-0.2, -0.15) is 0 Å². The Morgan fingerprint density at radius 1 is 1.15 bits per heavy atom. The summed E-state index contributed by atoms with van der Waals surface area (Å²) in [5.41, 5.74) is 1.13. The van der Waals surface area contributed by atoms with E-state index in [9.17, 15) is 15.3 Å². The predicted octanol–water partition coefficient (Wildman–Crippen LogP) is -1.81. The Hall–Kier alpha value is -1.02. The molecule has 1 aliphatic heterocycles. The van der Waals surface area contributed by atoms with Gasteiger partial charge in [-0.3, -0.25) is 0 Å². The first-order valence-corrected chi connectivity index (χ1v) is 6.79. The van der Waals surface area contributed by atoms with Gasteiger partial charge in [-0.25, -0.2) is 0 Å². The normalized spacial score (nSPS) is 31.4. The summed E-state index contributed by atoms with van der Waals surface area (Å²) in [6.07, 6.45) is -3.14. The van der Waals surface area contributed by atoms with Gasteiger partial charge in [0.2, 0.25) is 0 Å². The van der Waals surface area contributed by atoms with Gasteiger partial charge < -0.3 is 31.1 Å². The van der Waals surface area contributed by atoms with Crippen LogP contribution < -0.4 is 10.6 Å². The smallest absolute Gasteiger partial charge is 0.0993 e. The molecular formula is C14H22N2O4. The highest BCUT2D eigenvalue weighted by Gasteiger charge is 2.43. The number of aliphatic hydroxyl groups excluding tert-OH is 4. The maximum Gasteiger partial charge on any atom is 0.0993 e. The van der Waals surface area contributed by atoms with Crippen LogP contribution in [-0.4, -0.2) is 64.0 Å². The molecule has 1 aromatic carbocycles. The van der Waals surface area contributed by atoms with Crippen LogP contribution in [0, 0.1) is 0 Å². The Balaban J connectivity index is 1.81. The highest BCUT2D eigenvalue weighted by molar-refractivity contribution is 5.14. The quantitative estimate of drug-likeness (QED) is 0.367. The molecule has 0 aromatic heterocycles. The van der Waals surface area contributed by atoms with Crippen LogP contribution in [0.1, 0.15) is 5.56 Å². The average molecular weight is 282 g/mol. The Bertz CT molecular complexity index is 403. The molecule has 0 unspecified atom stereocenters. The Labute approximate surface area is 118 Å². The molecule has 0 bridgehead atoms. The van der Waals surface area contributed by atoms with E-state index in [2.05, 4.69) is 10.6 Å². The zero-order chi connectivity index (χ0) is 14.5. The van der Waals surface area contributed by atoms with Crippen molar-refractivity contribution in [1.82, 2.24) is 10.6 Å². The summed E-state index contributed by atoms with van der Waals surface area (Å²) >= 11 is 0. The van der Waals surface area contributed by atoms with Crippen molar-refractivity contribution in [3.05, 3.63) is 35.9 Å². The molecule has 0 amide bonds. The number of aliphatic hydroxyl groups is 4. The van der Waals surface area contributed by atoms with Crippen LogP contribution in [0.15, 0.2) is 30.3 Å². The standard InChI is InChI=1S/C14H22N2O4/c17-8-11(18)12-14(20)13(19)10(16-12)7-15-6-9-4-2-1-3-5-9/h1-5,10-20H,6-8H2/t10-,11-,12+,13+,14+/m1/s1. The molecule has 0 radical (unpaired) electrons. The number of nitrogens with one attached hydrogen (secondary N) is 2. The molecular weight excluding hydrogens is 260 g/mol. The third kappa shape index (κ3) is 3.54. The second kappa shape index (κ2) is 7.12. The van der Waals surface area contributed by atoms with Crippen molar-refractivity contribution in [2.75, 3.05) is 13.2 Å². The summed E-state index contributed by atoms with van der Waals surface area (Å²) in [6.45, 7) is 0.669. The largest absolute Gasteiger partial charge is 0.394 e. The fourth-order valence-corrected chi connectivity index (χ4v) is 2.49. The Morgan fingerprint density at radius 3 is 2.50 bits per heavy atom. The summed E-state index contributed by atoms with van der Waals surface area (Å²) in [5.74, 6) is 0. The molecule has 1 saturated heterocycles. The van der Waals surface area contributed by atoms with Crippen LogP contribution in [-0.2, 0) is 6.54 Å². The molecule has 1 aliphatic rings. The third-order valence-electron chi connectivity index (χ3n) is 3.67. The minimum atomic E-state index is -1.08. The van der Waals surface area contributed by atoms with Gasteiger partial charge in [0, 0.05) is 19.1 Å². The van der Waals surface area contributed by atoms with Crippen molar-refractivity contribution in [1.29, 1.82) is 0 Å². The van der Waals surface area contributed by atoms with Gasteiger partial charge in [-0.15, -0.1) is 0 Å². The average Bonchev–Trinajstić information content (AvgIpc) is 2.76. The first-order valence-electron chi connectivity index (χ1n) is 6.79. The van der Waals surface area contributed by atoms with Gasteiger partial charge in [-0.1, -0.05) is 30.3 Å². The van der Waals surface area contributed by atoms with E-state index in [1.807, 2.05) is 30.3 Å². The second-order valence-electron chi connectivity index (χ2n) is 5.15. The van der Waals surface area contributed by atoms with Crippen molar-refractivity contribution in [3.8, 4) is 0 Å². The van der Waals surface area contributed by atoms with E-state index >= 15 is 0 Å². The Morgan fingerprint density at radius 2 is 1.85 bits per heavy atom. The van der Waals surface area contributed by atoms with Crippen LogP contribution >= 0.6 is 0 Å². The van der Waals surface area contributed by atoms with E-state index in [-0.39, 0.29) is 6.04 Å². The molecule has 6 nitrogen and oxygen atoms in total. The summed E-state index contributed by atoms with van der Waals surface area (Å²) in [7, 11) is 0. The molecule has 1 aromatic rings. The summed E-state index contributed by atoms with van der Waals surface area (Å²) in [6, 6.07) is 8.78. The lowest BCUT2D eigenvalue weighted by molar-refractivity contribution is -0.0129. The molecule has 0 spiro atoms. The maximum atomic E-state index is 9.92. The summed E-state index contributed by atoms with van der Waals surface area (Å²) < 4.78 is 0. The third-order valence-corrected chi connectivity index (χ3v) is 3.67. The van der Waals surface area contributed by atoms with Crippen LogP contribution in [0.5, 0.6) is 0 Å². The molecule has 20 heavy (non-hydrogen) atoms. The van der Waals surface area contributed by atoms with E-state index in [0.717, 1.165) is 5.56 Å². The second-order valence-corrected chi connectivity index (χ2v) is 5.15. The van der Waals surface area contributed by atoms with Gasteiger partial charge in [0.15, 0.2) is 0 Å². The van der Waals surface area contributed by atoms with Crippen molar-refractivity contribution >= 4 is 0 Å². The van der Waals surface area contributed by atoms with Gasteiger partial charge in [0.1, 0.15) is 0 Å². The maximum absolute atomic E-state index is 9.92. The van der Waals surface area contributed by atoms with Crippen LogP contribution in [0.2, 0.25) is 0 Å². The zero-order valence-electron chi connectivity index (χ0n) is 11.2. The fraction of sp³-hybridized carbons (Fsp3) is 0.571. The van der Waals surface area contributed by atoms with Crippen LogP contribution in [0.3, 0.4) is 0 Å². The van der Waals surface area contributed by atoms with Gasteiger partial charge >= 0.3 is 0 Å². The Kier molecular flexibility index (Phi) is 5.47. The number of rotatable bonds is 6. The molecule has 112 valence electrons. The lowest BCUT2D eigenvalue weighted by Crippen LogP contribution is -2.46. The van der Waals surface area contributed by atoms with Crippen molar-refractivity contribution in [3.63, 3.8) is 0 Å². The molecule has 1 heterocycles. The highest BCUT2D eigenvalue weighted by atomic mass is 16.3. The van der Waals surface area contributed by atoms with E-state index in [1.54, 1.807) is 0 Å². The van der Waals surface area contributed by atoms with E-state index < -0.39 is 31.0 Å². The monoisotopic (exact) mass is 282 g/mol. The van der Waals surface area contributed by atoms with Crippen LogP contribution in [0.25, 0.3) is 0 Å². The zero-order valence-corrected chi connectivity index (χ0v) is 11.2. The highest BCUT2D eigenvalue weighted by Crippen LogP contribution is 2.17. The number of benzene rings is 1. The van der Waals surface area contributed by atoms with Gasteiger partial charge in [-0.05, 0) is 5.56 Å². The molecule has 6 heteroatoms. The molecule has 5 atom stereocenters. The lowest BCUT2D eigenvalue weighted by atomic mass is 10.0. The number of hydrogen-bond acceptors (Lipinski definition) is 6. The summed E-state index contributed by atoms with van der Waals surface area (Å²) in [4.78, 5) is 0. The SMILES string of the molecule is OC[C@@H](O)[C@@H]1N[C@H](CNCc2ccccc2)[C@H](O)[C@H]1O. The van der Waals surface area contributed by atoms with Crippen molar-refractivity contribution < 1.29 is 20.4 Å². The fourth-order valence-electron chi connectivity index (χ4n) is 2.49. The molecule has 0 aliphatic carbocycles. The molecule has 1 fully saturated rings. The molecule has 2 rings (SSSR count). The van der Waals surface area contributed by atoms with E-state index in [1.165, 1.54) is 0 Å². The minimum absolute atomic E-state index is 0.361. The van der Waals surface area contributed by atoms with Crippen molar-refractivity contribution in [2.24, 2.45) is 0 Å². The van der Waals surface area contributed by atoms with E-state index in [0.29, 0.717) is 13.1 Å². The predicted molar refractivity (Wildman–Crippen MR) is 74.0 cm³/mol. The number of hydrogen-bond donors (Lipinski definition) is 6. The van der Waals surface area contributed by atoms with Crippen molar-refractivity contribution in [2.45, 2.75) is 36.9 Å². The van der Waals surface area contributed by atoms with Gasteiger partial charge in [0.25, 0.3) is 0 Å². The van der Waals surface area contributed by atoms with Gasteiger partial charge in [0.05, 0.1) is 31.0 Å². The molecule has 6 N–H and O–H groups in total. The summed E-state index contributed by atoms with van der Waals surface area (Å²) in [5, 5.41) is 44.4. The first-order chi connectivity index (χ1) is 9.63. The topological polar surface area (TPSA) is 105 Å². The first kappa shape index (κ1) is 15.4.